The van der Waals surface area contributed by atoms with Gasteiger partial charge in [0.15, 0.2) is 0 Å². The second-order valence-corrected chi connectivity index (χ2v) is 6.43. The summed E-state index contributed by atoms with van der Waals surface area (Å²) in [6.07, 6.45) is -3.94. The van der Waals surface area contributed by atoms with Gasteiger partial charge < -0.3 is 15.3 Å². The zero-order chi connectivity index (χ0) is 19.6. The number of carboxylic acid groups (broad SMARTS) is 1. The molecule has 0 spiro atoms. The number of alkyl halides is 2. The molecule has 142 valence electrons. The Labute approximate surface area is 153 Å². The summed E-state index contributed by atoms with van der Waals surface area (Å²) < 4.78 is 25.0. The van der Waals surface area contributed by atoms with E-state index in [-0.39, 0.29) is 18.9 Å². The molecule has 8 heteroatoms. The van der Waals surface area contributed by atoms with Crippen LogP contribution in [0.25, 0.3) is 10.8 Å². The summed E-state index contributed by atoms with van der Waals surface area (Å²) in [4.78, 5) is 37.3. The van der Waals surface area contributed by atoms with E-state index in [2.05, 4.69) is 5.32 Å². The monoisotopic (exact) mass is 376 g/mol. The van der Waals surface area contributed by atoms with Gasteiger partial charge >= 0.3 is 5.97 Å². The Balaban J connectivity index is 1.77. The van der Waals surface area contributed by atoms with Crippen molar-refractivity contribution in [2.45, 2.75) is 25.3 Å². The van der Waals surface area contributed by atoms with Crippen molar-refractivity contribution >= 4 is 34.2 Å². The maximum atomic E-state index is 12.5. The summed E-state index contributed by atoms with van der Waals surface area (Å²) in [5, 5.41) is 12.9. The van der Waals surface area contributed by atoms with Crippen molar-refractivity contribution in [1.82, 2.24) is 5.32 Å². The number of nitrogens with zero attached hydrogens (tertiary/aromatic N) is 1. The van der Waals surface area contributed by atoms with Crippen LogP contribution < -0.4 is 10.2 Å². The number of carboxylic acids is 1. The number of amides is 2. The van der Waals surface area contributed by atoms with E-state index in [1.54, 1.807) is 12.1 Å². The third-order valence-electron chi connectivity index (χ3n) is 4.58. The Hall–Kier alpha value is -3.03. The number of hydrogen-bond acceptors (Lipinski definition) is 3. The van der Waals surface area contributed by atoms with Crippen LogP contribution in [0.1, 0.15) is 12.8 Å². The average Bonchev–Trinajstić information content (AvgIpc) is 3.02. The highest BCUT2D eigenvalue weighted by Crippen LogP contribution is 2.31. The van der Waals surface area contributed by atoms with Gasteiger partial charge in [0.05, 0.1) is 11.6 Å². The maximum Gasteiger partial charge on any atom is 0.326 e. The number of nitrogens with one attached hydrogen (secondary N) is 1. The summed E-state index contributed by atoms with van der Waals surface area (Å²) in [5.74, 6) is -3.30. The third-order valence-corrected chi connectivity index (χ3v) is 4.58. The summed E-state index contributed by atoms with van der Waals surface area (Å²) in [6, 6.07) is 11.3. The van der Waals surface area contributed by atoms with E-state index in [1.165, 1.54) is 4.90 Å². The minimum absolute atomic E-state index is 0.0691. The van der Waals surface area contributed by atoms with Crippen LogP contribution in [-0.2, 0) is 14.4 Å². The Morgan fingerprint density at radius 3 is 2.59 bits per heavy atom. The second kappa shape index (κ2) is 7.69. The molecule has 6 nitrogen and oxygen atoms in total. The van der Waals surface area contributed by atoms with E-state index >= 15 is 0 Å². The standard InChI is InChI=1S/C19H18F2N2O4/c20-16(21)9-14(19(26)27)22-18(25)12-8-17(24)23(10-12)15-7-3-5-11-4-1-2-6-13(11)15/h1-7,12,14,16H,8-10H2,(H,22,25)(H,26,27). The number of rotatable bonds is 6. The van der Waals surface area contributed by atoms with E-state index in [0.29, 0.717) is 5.69 Å². The van der Waals surface area contributed by atoms with Crippen molar-refractivity contribution in [3.05, 3.63) is 42.5 Å². The van der Waals surface area contributed by atoms with E-state index in [0.717, 1.165) is 10.8 Å². The van der Waals surface area contributed by atoms with Crippen molar-refractivity contribution in [3.8, 4) is 0 Å². The van der Waals surface area contributed by atoms with Crippen LogP contribution >= 0.6 is 0 Å². The number of carbonyl (C=O) groups is 3. The fourth-order valence-electron chi connectivity index (χ4n) is 3.25. The summed E-state index contributed by atoms with van der Waals surface area (Å²) in [5.41, 5.74) is 0.663. The van der Waals surface area contributed by atoms with Crippen LogP contribution in [0.15, 0.2) is 42.5 Å². The van der Waals surface area contributed by atoms with Crippen molar-refractivity contribution < 1.29 is 28.3 Å². The van der Waals surface area contributed by atoms with Crippen molar-refractivity contribution in [2.75, 3.05) is 11.4 Å². The number of hydrogen-bond donors (Lipinski definition) is 2. The minimum atomic E-state index is -2.86. The van der Waals surface area contributed by atoms with E-state index < -0.39 is 36.7 Å². The molecule has 0 aromatic heterocycles. The second-order valence-electron chi connectivity index (χ2n) is 6.43. The molecule has 2 amide bonds. The predicted molar refractivity (Wildman–Crippen MR) is 94.6 cm³/mol. The van der Waals surface area contributed by atoms with Crippen LogP contribution in [-0.4, -0.2) is 41.9 Å². The highest BCUT2D eigenvalue weighted by atomic mass is 19.3. The third kappa shape index (κ3) is 4.05. The summed E-state index contributed by atoms with van der Waals surface area (Å²) in [7, 11) is 0. The van der Waals surface area contributed by atoms with E-state index in [1.807, 2.05) is 30.3 Å². The van der Waals surface area contributed by atoms with Crippen molar-refractivity contribution in [1.29, 1.82) is 0 Å². The lowest BCUT2D eigenvalue weighted by atomic mass is 10.1. The normalized spacial score (nSPS) is 18.1. The molecule has 0 radical (unpaired) electrons. The number of carbonyl (C=O) groups excluding carboxylic acids is 2. The van der Waals surface area contributed by atoms with Crippen LogP contribution in [0.3, 0.4) is 0 Å². The Bertz CT molecular complexity index is 882. The number of halogens is 2. The van der Waals surface area contributed by atoms with Gasteiger partial charge in [0.1, 0.15) is 6.04 Å². The van der Waals surface area contributed by atoms with Gasteiger partial charge in [0.25, 0.3) is 0 Å². The zero-order valence-electron chi connectivity index (χ0n) is 14.3. The van der Waals surface area contributed by atoms with Gasteiger partial charge in [0.2, 0.25) is 18.2 Å². The van der Waals surface area contributed by atoms with E-state index in [4.69, 9.17) is 5.11 Å². The number of benzene rings is 2. The molecule has 0 bridgehead atoms. The minimum Gasteiger partial charge on any atom is -0.480 e. The smallest absolute Gasteiger partial charge is 0.326 e. The van der Waals surface area contributed by atoms with Gasteiger partial charge in [0, 0.05) is 24.8 Å². The number of aliphatic carboxylic acids is 1. The fraction of sp³-hybridized carbons (Fsp3) is 0.316. The highest BCUT2D eigenvalue weighted by Gasteiger charge is 2.37. The first kappa shape index (κ1) is 18.8. The van der Waals surface area contributed by atoms with Crippen molar-refractivity contribution in [3.63, 3.8) is 0 Å². The molecule has 1 fully saturated rings. The number of fused-ring (bicyclic) bond motifs is 1. The largest absolute Gasteiger partial charge is 0.480 e. The first-order valence-electron chi connectivity index (χ1n) is 8.46. The summed E-state index contributed by atoms with van der Waals surface area (Å²) in [6.45, 7) is 0.0691. The molecule has 2 aromatic carbocycles. The molecule has 1 aliphatic heterocycles. The SMILES string of the molecule is O=C(NC(CC(F)F)C(=O)O)C1CC(=O)N(c2cccc3ccccc23)C1. The molecular formula is C19H18F2N2O4. The molecule has 2 aromatic rings. The highest BCUT2D eigenvalue weighted by molar-refractivity contribution is 6.07. The molecule has 3 rings (SSSR count). The molecule has 0 aliphatic carbocycles. The Morgan fingerprint density at radius 1 is 1.19 bits per heavy atom. The maximum absolute atomic E-state index is 12.5. The lowest BCUT2D eigenvalue weighted by molar-refractivity contribution is -0.143. The summed E-state index contributed by atoms with van der Waals surface area (Å²) >= 11 is 0. The van der Waals surface area contributed by atoms with Gasteiger partial charge in [-0.15, -0.1) is 0 Å². The molecule has 27 heavy (non-hydrogen) atoms. The Morgan fingerprint density at radius 2 is 1.89 bits per heavy atom. The molecule has 0 saturated carbocycles. The predicted octanol–water partition coefficient (Wildman–Crippen LogP) is 2.42. The van der Waals surface area contributed by atoms with Gasteiger partial charge in [-0.25, -0.2) is 13.6 Å². The first-order chi connectivity index (χ1) is 12.9. The van der Waals surface area contributed by atoms with Gasteiger partial charge in [-0.2, -0.15) is 0 Å². The van der Waals surface area contributed by atoms with Crippen LogP contribution in [0.5, 0.6) is 0 Å². The molecule has 2 N–H and O–H groups in total. The lowest BCUT2D eigenvalue weighted by Gasteiger charge is -2.20. The number of anilines is 1. The Kier molecular flexibility index (Phi) is 5.34. The fourth-order valence-corrected chi connectivity index (χ4v) is 3.25. The average molecular weight is 376 g/mol. The molecule has 1 saturated heterocycles. The van der Waals surface area contributed by atoms with Crippen LogP contribution in [0, 0.1) is 5.92 Å². The van der Waals surface area contributed by atoms with Gasteiger partial charge in [-0.05, 0) is 11.5 Å². The topological polar surface area (TPSA) is 86.7 Å². The van der Waals surface area contributed by atoms with Gasteiger partial charge in [-0.3, -0.25) is 9.59 Å². The van der Waals surface area contributed by atoms with E-state index in [9.17, 15) is 23.2 Å². The molecular weight excluding hydrogens is 358 g/mol. The lowest BCUT2D eigenvalue weighted by Crippen LogP contribution is -2.45. The first-order valence-corrected chi connectivity index (χ1v) is 8.46. The van der Waals surface area contributed by atoms with Gasteiger partial charge in [-0.1, -0.05) is 36.4 Å². The molecule has 1 heterocycles. The molecule has 2 atom stereocenters. The van der Waals surface area contributed by atoms with Crippen LogP contribution in [0.2, 0.25) is 0 Å². The molecule has 1 aliphatic rings. The zero-order valence-corrected chi connectivity index (χ0v) is 14.3. The molecule has 2 unspecified atom stereocenters. The quantitative estimate of drug-likeness (QED) is 0.811. The van der Waals surface area contributed by atoms with Crippen molar-refractivity contribution in [2.24, 2.45) is 5.92 Å². The van der Waals surface area contributed by atoms with Crippen LogP contribution in [0.4, 0.5) is 14.5 Å².